The molecule has 4 heteroatoms. The highest BCUT2D eigenvalue weighted by Crippen LogP contribution is 2.44. The van der Waals surface area contributed by atoms with E-state index in [1.807, 2.05) is 36.4 Å². The smallest absolute Gasteiger partial charge is 0.124 e. The van der Waals surface area contributed by atoms with E-state index in [0.29, 0.717) is 5.56 Å². The lowest BCUT2D eigenvalue weighted by Gasteiger charge is -2.18. The summed E-state index contributed by atoms with van der Waals surface area (Å²) >= 11 is 0. The van der Waals surface area contributed by atoms with Crippen LogP contribution in [0.25, 0.3) is 61.3 Å². The first-order valence-electron chi connectivity index (χ1n) is 13.8. The second-order valence-electron chi connectivity index (χ2n) is 10.5. The van der Waals surface area contributed by atoms with Crippen LogP contribution in [0.1, 0.15) is 16.8 Å². The lowest BCUT2D eigenvalue weighted by atomic mass is 9.97. The van der Waals surface area contributed by atoms with E-state index in [0.717, 1.165) is 55.7 Å². The minimum Gasteiger partial charge on any atom is -0.311 e. The first-order chi connectivity index (χ1) is 20.2. The number of alkyl halides is 1. The molecule has 1 atom stereocenters. The molecule has 41 heavy (non-hydrogen) atoms. The monoisotopic (exact) mass is 529 g/mol. The Morgan fingerprint density at radius 3 is 2.12 bits per heavy atom. The van der Waals surface area contributed by atoms with Crippen LogP contribution in [0.15, 0.2) is 121 Å². The summed E-state index contributed by atoms with van der Waals surface area (Å²) in [5.41, 5.74) is 9.68. The van der Waals surface area contributed by atoms with Crippen LogP contribution in [-0.4, -0.2) is 15.3 Å². The van der Waals surface area contributed by atoms with Crippen molar-refractivity contribution in [3.63, 3.8) is 0 Å². The van der Waals surface area contributed by atoms with Gasteiger partial charge in [0.15, 0.2) is 0 Å². The third-order valence-electron chi connectivity index (χ3n) is 8.26. The van der Waals surface area contributed by atoms with Crippen molar-refractivity contribution in [2.45, 2.75) is 12.6 Å². The Morgan fingerprint density at radius 2 is 1.32 bits per heavy atom. The molecule has 5 aromatic carbocycles. The maximum atomic E-state index is 14.9. The van der Waals surface area contributed by atoms with E-state index >= 15 is 0 Å². The van der Waals surface area contributed by atoms with Crippen molar-refractivity contribution in [3.8, 4) is 28.6 Å². The van der Waals surface area contributed by atoms with Crippen molar-refractivity contribution in [1.82, 2.24) is 9.13 Å². The van der Waals surface area contributed by atoms with Gasteiger partial charge in [-0.3, -0.25) is 0 Å². The fourth-order valence-corrected chi connectivity index (χ4v) is 6.58. The van der Waals surface area contributed by atoms with Crippen molar-refractivity contribution < 1.29 is 4.39 Å². The van der Waals surface area contributed by atoms with Crippen LogP contribution in [0.4, 0.5) is 4.39 Å². The molecule has 1 aliphatic carbocycles. The Hall–Kier alpha value is -5.40. The molecule has 8 rings (SSSR count). The zero-order chi connectivity index (χ0) is 27.5. The maximum Gasteiger partial charge on any atom is 0.124 e. The van der Waals surface area contributed by atoms with Gasteiger partial charge in [0, 0.05) is 50.7 Å². The molecule has 0 bridgehead atoms. The van der Waals surface area contributed by atoms with E-state index < -0.39 is 6.17 Å². The first-order valence-corrected chi connectivity index (χ1v) is 13.8. The molecule has 0 fully saturated rings. The summed E-state index contributed by atoms with van der Waals surface area (Å²) in [5.74, 6) is 0. The molecule has 194 valence electrons. The number of allylic oxidation sites excluding steroid dienone is 1. The minimum absolute atomic E-state index is 0.258. The number of nitrogens with zero attached hydrogens (tertiary/aromatic N) is 3. The van der Waals surface area contributed by atoms with Gasteiger partial charge in [0.1, 0.15) is 12.2 Å². The van der Waals surface area contributed by atoms with Gasteiger partial charge >= 0.3 is 0 Å². The number of rotatable bonds is 3. The molecule has 0 amide bonds. The highest BCUT2D eigenvalue weighted by molar-refractivity contribution is 6.16. The number of hydrogen-bond donors (Lipinski definition) is 0. The van der Waals surface area contributed by atoms with Crippen LogP contribution in [-0.2, 0) is 6.42 Å². The predicted octanol–water partition coefficient (Wildman–Crippen LogP) is 9.17. The summed E-state index contributed by atoms with van der Waals surface area (Å²) in [5, 5.41) is 13.5. The van der Waals surface area contributed by atoms with Gasteiger partial charge < -0.3 is 9.13 Å². The van der Waals surface area contributed by atoms with Crippen molar-refractivity contribution in [3.05, 3.63) is 138 Å². The molecular formula is C37H24FN3. The summed E-state index contributed by atoms with van der Waals surface area (Å²) in [6, 6.07) is 41.8. The van der Waals surface area contributed by atoms with E-state index in [1.165, 1.54) is 10.8 Å². The Kier molecular flexibility index (Phi) is 5.20. The minimum atomic E-state index is -1.08. The summed E-state index contributed by atoms with van der Waals surface area (Å²) in [6.45, 7) is 0. The Labute approximate surface area is 236 Å². The van der Waals surface area contributed by atoms with Gasteiger partial charge in [-0.1, -0.05) is 91.0 Å². The van der Waals surface area contributed by atoms with E-state index in [4.69, 9.17) is 0 Å². The standard InChI is InChI=1S/C37H24FN3/c38-25-20-21-28-30-15-9-17-32(37(30)41(35(28)22-25)33-18-6-4-10-24(33)23-39)31-16-8-14-29-27-13-5-7-19-34(27)40(36(29)31)26-11-2-1-3-12-26/h1-21,25H,22H2. The second kappa shape index (κ2) is 9.08. The van der Waals surface area contributed by atoms with E-state index in [-0.39, 0.29) is 6.42 Å². The Balaban J connectivity index is 1.55. The number of fused-ring (bicyclic) bond motifs is 6. The van der Waals surface area contributed by atoms with Crippen LogP contribution in [0.3, 0.4) is 0 Å². The van der Waals surface area contributed by atoms with Crippen LogP contribution < -0.4 is 0 Å². The van der Waals surface area contributed by atoms with Crippen LogP contribution >= 0.6 is 0 Å². The Bertz CT molecular complexity index is 2210. The van der Waals surface area contributed by atoms with Gasteiger partial charge in [-0.05, 0) is 36.4 Å². The van der Waals surface area contributed by atoms with Gasteiger partial charge in [0.25, 0.3) is 0 Å². The molecule has 0 N–H and O–H groups in total. The highest BCUT2D eigenvalue weighted by Gasteiger charge is 2.26. The second-order valence-corrected chi connectivity index (χ2v) is 10.5. The summed E-state index contributed by atoms with van der Waals surface area (Å²) in [7, 11) is 0. The molecule has 0 spiro atoms. The number of aromatic nitrogens is 2. The molecule has 1 unspecified atom stereocenters. The highest BCUT2D eigenvalue weighted by atomic mass is 19.1. The van der Waals surface area contributed by atoms with E-state index in [1.54, 1.807) is 6.08 Å². The van der Waals surface area contributed by atoms with Gasteiger partial charge in [-0.25, -0.2) is 4.39 Å². The number of nitriles is 1. The number of halogens is 1. The quantitative estimate of drug-likeness (QED) is 0.225. The van der Waals surface area contributed by atoms with E-state index in [9.17, 15) is 9.65 Å². The van der Waals surface area contributed by atoms with Crippen LogP contribution in [0, 0.1) is 11.3 Å². The summed E-state index contributed by atoms with van der Waals surface area (Å²) in [6.07, 6.45) is 2.73. The predicted molar refractivity (Wildman–Crippen MR) is 165 cm³/mol. The topological polar surface area (TPSA) is 33.6 Å². The lowest BCUT2D eigenvalue weighted by molar-refractivity contribution is 0.393. The van der Waals surface area contributed by atoms with Crippen LogP contribution in [0.5, 0.6) is 0 Å². The molecule has 2 heterocycles. The van der Waals surface area contributed by atoms with Crippen LogP contribution in [0.2, 0.25) is 0 Å². The van der Waals surface area contributed by atoms with Gasteiger partial charge in [0.2, 0.25) is 0 Å². The van der Waals surface area contributed by atoms with Gasteiger partial charge in [-0.2, -0.15) is 5.26 Å². The molecule has 2 aromatic heterocycles. The maximum absolute atomic E-state index is 14.9. The van der Waals surface area contributed by atoms with Crippen molar-refractivity contribution in [2.75, 3.05) is 0 Å². The zero-order valence-electron chi connectivity index (χ0n) is 22.1. The van der Waals surface area contributed by atoms with Crippen molar-refractivity contribution >= 4 is 38.8 Å². The fraction of sp³-hybridized carbons (Fsp3) is 0.0541. The van der Waals surface area contributed by atoms with Gasteiger partial charge in [-0.15, -0.1) is 0 Å². The Morgan fingerprint density at radius 1 is 0.659 bits per heavy atom. The average molecular weight is 530 g/mol. The number of para-hydroxylation sites is 5. The van der Waals surface area contributed by atoms with Crippen molar-refractivity contribution in [2.24, 2.45) is 0 Å². The third kappa shape index (κ3) is 3.43. The molecule has 3 nitrogen and oxygen atoms in total. The molecule has 7 aromatic rings. The molecule has 0 saturated heterocycles. The molecule has 0 saturated carbocycles. The van der Waals surface area contributed by atoms with Crippen molar-refractivity contribution in [1.29, 1.82) is 5.26 Å². The molecule has 1 aliphatic rings. The first kappa shape index (κ1) is 23.5. The van der Waals surface area contributed by atoms with Gasteiger partial charge in [0.05, 0.1) is 27.8 Å². The lowest BCUT2D eigenvalue weighted by Crippen LogP contribution is -2.12. The molecular weight excluding hydrogens is 505 g/mol. The molecule has 0 aliphatic heterocycles. The number of benzene rings is 5. The normalized spacial score (nSPS) is 14.5. The largest absolute Gasteiger partial charge is 0.311 e. The molecule has 0 radical (unpaired) electrons. The third-order valence-corrected chi connectivity index (χ3v) is 8.26. The number of hydrogen-bond acceptors (Lipinski definition) is 1. The van der Waals surface area contributed by atoms with E-state index in [2.05, 4.69) is 100 Å². The fourth-order valence-electron chi connectivity index (χ4n) is 6.58. The summed E-state index contributed by atoms with van der Waals surface area (Å²) in [4.78, 5) is 0. The average Bonchev–Trinajstić information content (AvgIpc) is 3.54. The SMILES string of the molecule is N#Cc1ccccc1-n1c2c(c3cccc(-c4cccc5c6ccccc6n(-c6ccccc6)c45)c31)C=CC(F)C2. The summed E-state index contributed by atoms with van der Waals surface area (Å²) < 4.78 is 19.4. The zero-order valence-corrected chi connectivity index (χ0v) is 22.1.